The van der Waals surface area contributed by atoms with Crippen LogP contribution in [0.25, 0.3) is 0 Å². The molecule has 0 aliphatic heterocycles. The van der Waals surface area contributed by atoms with E-state index in [1.54, 1.807) is 38.1 Å². The molecule has 0 atom stereocenters. The van der Waals surface area contributed by atoms with Gasteiger partial charge in [-0.3, -0.25) is 4.79 Å². The summed E-state index contributed by atoms with van der Waals surface area (Å²) in [4.78, 5) is 11.7. The number of terminal acetylenes is 1. The summed E-state index contributed by atoms with van der Waals surface area (Å²) in [5.74, 6) is 1.40. The minimum atomic E-state index is -0.641. The molecule has 0 radical (unpaired) electrons. The number of allylic oxidation sites excluding steroid dienone is 4. The largest absolute Gasteiger partial charge is 0.511 e. The number of rotatable bonds is 5. The van der Waals surface area contributed by atoms with E-state index in [1.807, 2.05) is 27.7 Å². The smallest absolute Gasteiger partial charge is 0.269 e. The third-order valence-electron chi connectivity index (χ3n) is 2.05. The molecule has 0 aliphatic carbocycles. The second-order valence-corrected chi connectivity index (χ2v) is 3.34. The molecule has 0 saturated heterocycles. The number of nitriles is 1. The van der Waals surface area contributed by atoms with Gasteiger partial charge in [0.1, 0.15) is 11.8 Å². The summed E-state index contributed by atoms with van der Waals surface area (Å²) in [6.45, 7) is 11.6. The van der Waals surface area contributed by atoms with E-state index in [1.165, 1.54) is 0 Å². The SMILES string of the molecule is C#CCC/C(O)=C(\C#N)C(=O)NC(/C=C\C)=C/C.CC.CC. The highest BCUT2D eigenvalue weighted by Crippen LogP contribution is 2.08. The van der Waals surface area contributed by atoms with Gasteiger partial charge in [0.25, 0.3) is 5.91 Å². The normalized spacial score (nSPS) is 10.8. The predicted octanol–water partition coefficient (Wildman–Crippen LogP) is 4.38. The predicted molar refractivity (Wildman–Crippen MR) is 92.7 cm³/mol. The molecule has 0 bridgehead atoms. The summed E-state index contributed by atoms with van der Waals surface area (Å²) in [5.41, 5.74) is 0.245. The van der Waals surface area contributed by atoms with Crippen molar-refractivity contribution in [1.29, 1.82) is 5.26 Å². The van der Waals surface area contributed by atoms with Crippen LogP contribution in [-0.4, -0.2) is 11.0 Å². The number of aliphatic hydroxyl groups is 1. The number of amides is 1. The molecular formula is C18H28N2O2. The van der Waals surface area contributed by atoms with Gasteiger partial charge < -0.3 is 10.4 Å². The van der Waals surface area contributed by atoms with Crippen molar-refractivity contribution in [3.8, 4) is 18.4 Å². The van der Waals surface area contributed by atoms with Crippen LogP contribution in [0.1, 0.15) is 54.4 Å². The average molecular weight is 304 g/mol. The number of carbonyl (C=O) groups is 1. The Balaban J connectivity index is -0.000000826. The van der Waals surface area contributed by atoms with Gasteiger partial charge in [0.15, 0.2) is 5.57 Å². The van der Waals surface area contributed by atoms with Gasteiger partial charge in [0.2, 0.25) is 0 Å². The molecule has 0 heterocycles. The molecule has 4 nitrogen and oxygen atoms in total. The van der Waals surface area contributed by atoms with Gasteiger partial charge in [0.05, 0.1) is 0 Å². The first kappa shape index (κ1) is 24.6. The third kappa shape index (κ3) is 11.4. The topological polar surface area (TPSA) is 73.1 Å². The number of nitrogens with one attached hydrogen (secondary N) is 1. The molecule has 0 saturated carbocycles. The second-order valence-electron chi connectivity index (χ2n) is 3.34. The van der Waals surface area contributed by atoms with E-state index in [9.17, 15) is 9.90 Å². The number of aliphatic hydroxyl groups excluding tert-OH is 1. The number of carbonyl (C=O) groups excluding carboxylic acids is 1. The Bertz CT molecular complexity index is 472. The van der Waals surface area contributed by atoms with Gasteiger partial charge in [-0.15, -0.1) is 12.3 Å². The molecule has 0 unspecified atom stereocenters. The minimum absolute atomic E-state index is 0.113. The highest BCUT2D eigenvalue weighted by Gasteiger charge is 2.14. The maximum atomic E-state index is 11.7. The van der Waals surface area contributed by atoms with Crippen LogP contribution in [-0.2, 0) is 4.79 Å². The van der Waals surface area contributed by atoms with Crippen molar-refractivity contribution in [3.05, 3.63) is 35.3 Å². The van der Waals surface area contributed by atoms with Crippen molar-refractivity contribution < 1.29 is 9.90 Å². The second kappa shape index (κ2) is 18.5. The van der Waals surface area contributed by atoms with Gasteiger partial charge in [-0.25, -0.2) is 0 Å². The number of hydrogen-bond acceptors (Lipinski definition) is 3. The Kier molecular flexibility index (Phi) is 20.7. The van der Waals surface area contributed by atoms with E-state index in [0.29, 0.717) is 5.70 Å². The van der Waals surface area contributed by atoms with Crippen molar-refractivity contribution >= 4 is 5.91 Å². The maximum absolute atomic E-state index is 11.7. The van der Waals surface area contributed by atoms with Crippen molar-refractivity contribution in [2.75, 3.05) is 0 Å². The van der Waals surface area contributed by atoms with E-state index in [2.05, 4.69) is 11.2 Å². The zero-order chi connectivity index (χ0) is 18.0. The Labute approximate surface area is 135 Å². The molecule has 1 amide bonds. The zero-order valence-corrected chi connectivity index (χ0v) is 14.5. The van der Waals surface area contributed by atoms with Crippen LogP contribution in [0.15, 0.2) is 35.3 Å². The summed E-state index contributed by atoms with van der Waals surface area (Å²) in [7, 11) is 0. The molecule has 0 aromatic rings. The van der Waals surface area contributed by atoms with E-state index >= 15 is 0 Å². The van der Waals surface area contributed by atoms with Gasteiger partial charge in [-0.2, -0.15) is 5.26 Å². The fraction of sp³-hybridized carbons (Fsp3) is 0.444. The summed E-state index contributed by atoms with van der Waals surface area (Å²) in [5, 5.41) is 21.0. The van der Waals surface area contributed by atoms with Gasteiger partial charge >= 0.3 is 0 Å². The fourth-order valence-electron chi connectivity index (χ4n) is 1.15. The highest BCUT2D eigenvalue weighted by molar-refractivity contribution is 5.98. The lowest BCUT2D eigenvalue weighted by atomic mass is 10.1. The Morgan fingerprint density at radius 1 is 1.27 bits per heavy atom. The summed E-state index contributed by atoms with van der Waals surface area (Å²) in [6, 6.07) is 1.68. The molecule has 0 rings (SSSR count). The summed E-state index contributed by atoms with van der Waals surface area (Å²) >= 11 is 0. The molecule has 4 heteroatoms. The summed E-state index contributed by atoms with van der Waals surface area (Å²) in [6.07, 6.45) is 10.6. The van der Waals surface area contributed by atoms with Gasteiger partial charge in [0, 0.05) is 18.5 Å². The first-order valence-corrected chi connectivity index (χ1v) is 7.46. The van der Waals surface area contributed by atoms with Crippen LogP contribution < -0.4 is 5.32 Å². The van der Waals surface area contributed by atoms with E-state index < -0.39 is 5.91 Å². The number of nitrogens with zero attached hydrogens (tertiary/aromatic N) is 1. The molecule has 0 aromatic heterocycles. The lowest BCUT2D eigenvalue weighted by molar-refractivity contribution is -0.116. The first-order valence-electron chi connectivity index (χ1n) is 7.46. The van der Waals surface area contributed by atoms with E-state index in [4.69, 9.17) is 11.7 Å². The maximum Gasteiger partial charge on any atom is 0.269 e. The monoisotopic (exact) mass is 304 g/mol. The molecule has 2 N–H and O–H groups in total. The lowest BCUT2D eigenvalue weighted by Crippen LogP contribution is -2.24. The molecule has 122 valence electrons. The first-order chi connectivity index (χ1) is 10.6. The molecule has 0 fully saturated rings. The zero-order valence-electron chi connectivity index (χ0n) is 14.5. The average Bonchev–Trinajstić information content (AvgIpc) is 2.56. The van der Waals surface area contributed by atoms with Crippen LogP contribution in [0.5, 0.6) is 0 Å². The van der Waals surface area contributed by atoms with Crippen molar-refractivity contribution in [3.63, 3.8) is 0 Å². The van der Waals surface area contributed by atoms with Crippen molar-refractivity contribution in [2.45, 2.75) is 54.4 Å². The Morgan fingerprint density at radius 3 is 2.18 bits per heavy atom. The van der Waals surface area contributed by atoms with Gasteiger partial charge in [-0.1, -0.05) is 39.8 Å². The van der Waals surface area contributed by atoms with Gasteiger partial charge in [-0.05, 0) is 19.9 Å². The Morgan fingerprint density at radius 2 is 1.82 bits per heavy atom. The van der Waals surface area contributed by atoms with E-state index in [0.717, 1.165) is 0 Å². The standard InChI is InChI=1S/C14H16N2O2.2C2H6/c1-4-7-9-13(17)12(10-15)14(18)16-11(6-3)8-5-2;2*1-2/h1,5-6,8,17H,7,9H2,2-3H3,(H,16,18);2*1-2H3/b8-5-,11-6+,13-12-;;. The highest BCUT2D eigenvalue weighted by atomic mass is 16.3. The minimum Gasteiger partial charge on any atom is -0.511 e. The van der Waals surface area contributed by atoms with Crippen LogP contribution in [0, 0.1) is 23.7 Å². The molecule has 0 spiro atoms. The molecule has 0 aromatic carbocycles. The summed E-state index contributed by atoms with van der Waals surface area (Å²) < 4.78 is 0. The fourth-order valence-corrected chi connectivity index (χ4v) is 1.15. The van der Waals surface area contributed by atoms with Crippen LogP contribution in [0.2, 0.25) is 0 Å². The van der Waals surface area contributed by atoms with Crippen LogP contribution in [0.4, 0.5) is 0 Å². The molecule has 22 heavy (non-hydrogen) atoms. The quantitative estimate of drug-likeness (QED) is 0.260. The third-order valence-corrected chi connectivity index (χ3v) is 2.05. The Hall–Kier alpha value is -2.46. The van der Waals surface area contributed by atoms with E-state index in [-0.39, 0.29) is 24.2 Å². The van der Waals surface area contributed by atoms with Crippen LogP contribution >= 0.6 is 0 Å². The molecule has 0 aliphatic rings. The molecular weight excluding hydrogens is 276 g/mol. The number of hydrogen-bond donors (Lipinski definition) is 2. The lowest BCUT2D eigenvalue weighted by Gasteiger charge is -2.06. The van der Waals surface area contributed by atoms with Crippen LogP contribution in [0.3, 0.4) is 0 Å². The van der Waals surface area contributed by atoms with Crippen molar-refractivity contribution in [1.82, 2.24) is 5.32 Å². The van der Waals surface area contributed by atoms with Crippen molar-refractivity contribution in [2.24, 2.45) is 0 Å².